The van der Waals surface area contributed by atoms with E-state index in [0.717, 1.165) is 12.2 Å². The highest BCUT2D eigenvalue weighted by molar-refractivity contribution is 5.24. The van der Waals surface area contributed by atoms with Crippen molar-refractivity contribution in [2.45, 2.75) is 33.1 Å². The van der Waals surface area contributed by atoms with Crippen molar-refractivity contribution in [2.75, 3.05) is 0 Å². The van der Waals surface area contributed by atoms with Crippen molar-refractivity contribution in [2.24, 2.45) is 0 Å². The number of aromatic nitrogens is 4. The third-order valence-corrected chi connectivity index (χ3v) is 2.57. The van der Waals surface area contributed by atoms with Crippen LogP contribution in [0, 0.1) is 0 Å². The molecule has 0 bridgehead atoms. The zero-order chi connectivity index (χ0) is 12.4. The first-order chi connectivity index (χ1) is 8.11. The molecule has 90 valence electrons. The zero-order valence-corrected chi connectivity index (χ0v) is 10.3. The predicted molar refractivity (Wildman–Crippen MR) is 65.4 cm³/mol. The van der Waals surface area contributed by atoms with Crippen LogP contribution in [0.15, 0.2) is 23.3 Å². The Morgan fingerprint density at radius 2 is 2.24 bits per heavy atom. The Hall–Kier alpha value is -1.91. The van der Waals surface area contributed by atoms with Crippen LogP contribution in [0.2, 0.25) is 0 Å². The van der Waals surface area contributed by atoms with Crippen molar-refractivity contribution in [3.8, 4) is 5.82 Å². The molecule has 0 aromatic carbocycles. The Bertz CT molecular complexity index is 568. The fraction of sp³-hybridized carbons (Fsp3) is 0.417. The number of nitrogens with zero attached hydrogens (tertiary/aromatic N) is 3. The Balaban J connectivity index is 2.56. The van der Waals surface area contributed by atoms with Crippen molar-refractivity contribution in [3.63, 3.8) is 0 Å². The summed E-state index contributed by atoms with van der Waals surface area (Å²) in [6, 6.07) is 1.49. The van der Waals surface area contributed by atoms with Crippen LogP contribution in [0.5, 0.6) is 0 Å². The molecule has 0 aliphatic carbocycles. The van der Waals surface area contributed by atoms with Crippen molar-refractivity contribution in [3.05, 3.63) is 40.5 Å². The third-order valence-electron chi connectivity index (χ3n) is 2.57. The van der Waals surface area contributed by atoms with Crippen LogP contribution in [0.4, 0.5) is 0 Å². The molecule has 2 rings (SSSR count). The number of rotatable bonds is 3. The number of aromatic amines is 1. The third kappa shape index (κ3) is 2.27. The summed E-state index contributed by atoms with van der Waals surface area (Å²) in [6.07, 6.45) is 4.35. The van der Waals surface area contributed by atoms with Crippen LogP contribution >= 0.6 is 0 Å². The zero-order valence-electron chi connectivity index (χ0n) is 10.3. The van der Waals surface area contributed by atoms with Gasteiger partial charge in [0, 0.05) is 30.8 Å². The maximum Gasteiger partial charge on any atom is 0.253 e. The first-order valence-electron chi connectivity index (χ1n) is 5.75. The summed E-state index contributed by atoms with van der Waals surface area (Å²) >= 11 is 0. The fourth-order valence-corrected chi connectivity index (χ4v) is 1.66. The minimum Gasteiger partial charge on any atom is -0.310 e. The normalized spacial score (nSPS) is 11.1. The van der Waals surface area contributed by atoms with Crippen molar-refractivity contribution < 1.29 is 0 Å². The van der Waals surface area contributed by atoms with E-state index in [9.17, 15) is 4.79 Å². The first-order valence-corrected chi connectivity index (χ1v) is 5.75. The lowest BCUT2D eigenvalue weighted by atomic mass is 10.2. The summed E-state index contributed by atoms with van der Waals surface area (Å²) in [5.74, 6) is 2.42. The molecule has 0 fully saturated rings. The molecule has 0 unspecified atom stereocenters. The van der Waals surface area contributed by atoms with Gasteiger partial charge in [0.05, 0.1) is 0 Å². The van der Waals surface area contributed by atoms with Gasteiger partial charge in [-0.05, 0) is 0 Å². The van der Waals surface area contributed by atoms with Gasteiger partial charge in [-0.2, -0.15) is 0 Å². The molecule has 2 aromatic rings. The first kappa shape index (κ1) is 11.6. The van der Waals surface area contributed by atoms with Gasteiger partial charge in [0.1, 0.15) is 17.5 Å². The number of hydrogen-bond acceptors (Lipinski definition) is 3. The number of H-pyrrole nitrogens is 1. The quantitative estimate of drug-likeness (QED) is 0.875. The monoisotopic (exact) mass is 232 g/mol. The number of aryl methyl sites for hydroxylation is 1. The average Bonchev–Trinajstić information content (AvgIpc) is 2.76. The maximum absolute atomic E-state index is 11.6. The Morgan fingerprint density at radius 1 is 1.47 bits per heavy atom. The molecule has 0 amide bonds. The van der Waals surface area contributed by atoms with E-state index in [1.165, 1.54) is 6.07 Å². The van der Waals surface area contributed by atoms with E-state index in [1.54, 1.807) is 6.20 Å². The molecule has 1 N–H and O–H groups in total. The summed E-state index contributed by atoms with van der Waals surface area (Å²) < 4.78 is 1.85. The predicted octanol–water partition coefficient (Wildman–Crippen LogP) is 1.64. The Labute approximate surface area is 99.6 Å². The second-order valence-electron chi connectivity index (χ2n) is 4.21. The molecular formula is C12H16N4O. The number of imidazole rings is 1. The molecule has 17 heavy (non-hydrogen) atoms. The van der Waals surface area contributed by atoms with Crippen LogP contribution in [-0.2, 0) is 6.42 Å². The summed E-state index contributed by atoms with van der Waals surface area (Å²) in [5, 5.41) is 0. The molecule has 2 aromatic heterocycles. The average molecular weight is 232 g/mol. The SMILES string of the molecule is CCc1nccn1-c1cc(=O)[nH]c(C(C)C)n1. The van der Waals surface area contributed by atoms with Crippen molar-refractivity contribution in [1.29, 1.82) is 0 Å². The summed E-state index contributed by atoms with van der Waals surface area (Å²) in [6.45, 7) is 6.02. The van der Waals surface area contributed by atoms with Gasteiger partial charge in [-0.1, -0.05) is 20.8 Å². The molecule has 5 heteroatoms. The van der Waals surface area contributed by atoms with Crippen molar-refractivity contribution in [1.82, 2.24) is 19.5 Å². The van der Waals surface area contributed by atoms with Gasteiger partial charge in [0.25, 0.3) is 5.56 Å². The molecule has 0 radical (unpaired) electrons. The van der Waals surface area contributed by atoms with Crippen LogP contribution in [0.3, 0.4) is 0 Å². The van der Waals surface area contributed by atoms with E-state index in [-0.39, 0.29) is 11.5 Å². The lowest BCUT2D eigenvalue weighted by Crippen LogP contribution is -2.15. The Kier molecular flexibility index (Phi) is 3.08. The van der Waals surface area contributed by atoms with E-state index < -0.39 is 0 Å². The van der Waals surface area contributed by atoms with Crippen LogP contribution in [0.25, 0.3) is 5.82 Å². The largest absolute Gasteiger partial charge is 0.310 e. The Morgan fingerprint density at radius 3 is 2.88 bits per heavy atom. The molecule has 0 aliphatic rings. The number of nitrogens with one attached hydrogen (secondary N) is 1. The van der Waals surface area contributed by atoms with Gasteiger partial charge in [-0.3, -0.25) is 9.36 Å². The van der Waals surface area contributed by atoms with Gasteiger partial charge in [-0.15, -0.1) is 0 Å². The van der Waals surface area contributed by atoms with E-state index in [2.05, 4.69) is 15.0 Å². The lowest BCUT2D eigenvalue weighted by molar-refractivity contribution is 0.746. The topological polar surface area (TPSA) is 63.6 Å². The summed E-state index contributed by atoms with van der Waals surface area (Å²) in [5.41, 5.74) is -0.130. The van der Waals surface area contributed by atoms with Crippen LogP contribution in [0.1, 0.15) is 38.3 Å². The van der Waals surface area contributed by atoms with E-state index in [4.69, 9.17) is 0 Å². The molecule has 5 nitrogen and oxygen atoms in total. The standard InChI is InChI=1S/C12H16N4O/c1-4-9-13-5-6-16(9)10-7-11(17)15-12(14-10)8(2)3/h5-8H,4H2,1-3H3,(H,14,15,17). The van der Waals surface area contributed by atoms with Gasteiger partial charge >= 0.3 is 0 Å². The number of hydrogen-bond donors (Lipinski definition) is 1. The highest BCUT2D eigenvalue weighted by atomic mass is 16.1. The molecule has 0 atom stereocenters. The molecule has 0 saturated heterocycles. The highest BCUT2D eigenvalue weighted by Crippen LogP contribution is 2.11. The second-order valence-corrected chi connectivity index (χ2v) is 4.21. The van der Waals surface area contributed by atoms with E-state index >= 15 is 0 Å². The molecule has 0 saturated carbocycles. The van der Waals surface area contributed by atoms with Gasteiger partial charge in [-0.25, -0.2) is 9.97 Å². The van der Waals surface area contributed by atoms with Gasteiger partial charge < -0.3 is 4.98 Å². The van der Waals surface area contributed by atoms with Crippen LogP contribution < -0.4 is 5.56 Å². The smallest absolute Gasteiger partial charge is 0.253 e. The molecular weight excluding hydrogens is 216 g/mol. The fourth-order valence-electron chi connectivity index (χ4n) is 1.66. The lowest BCUT2D eigenvalue weighted by Gasteiger charge is -2.09. The van der Waals surface area contributed by atoms with Crippen molar-refractivity contribution >= 4 is 0 Å². The minimum absolute atomic E-state index is 0.130. The summed E-state index contributed by atoms with van der Waals surface area (Å²) in [7, 11) is 0. The molecule has 0 aliphatic heterocycles. The van der Waals surface area contributed by atoms with Gasteiger partial charge in [0.2, 0.25) is 0 Å². The maximum atomic E-state index is 11.6. The van der Waals surface area contributed by atoms with Crippen LogP contribution in [-0.4, -0.2) is 19.5 Å². The summed E-state index contributed by atoms with van der Waals surface area (Å²) in [4.78, 5) is 23.0. The molecule has 0 spiro atoms. The minimum atomic E-state index is -0.130. The second kappa shape index (κ2) is 4.53. The van der Waals surface area contributed by atoms with Gasteiger partial charge in [0.15, 0.2) is 0 Å². The molecule has 2 heterocycles. The van der Waals surface area contributed by atoms with E-state index in [1.807, 2.05) is 31.5 Å². The van der Waals surface area contributed by atoms with E-state index in [0.29, 0.717) is 11.6 Å². The highest BCUT2D eigenvalue weighted by Gasteiger charge is 2.09.